The van der Waals surface area contributed by atoms with Crippen LogP contribution in [0.25, 0.3) is 0 Å². The minimum atomic E-state index is 0.251. The van der Waals surface area contributed by atoms with E-state index in [0.717, 1.165) is 16.8 Å². The number of nitrogens with one attached hydrogen (secondary N) is 1. The van der Waals surface area contributed by atoms with Crippen LogP contribution in [0, 0.1) is 11.3 Å². The number of anilines is 2. The van der Waals surface area contributed by atoms with Crippen molar-refractivity contribution in [3.8, 4) is 17.7 Å². The molecule has 3 aromatic rings. The zero-order valence-corrected chi connectivity index (χ0v) is 15.8. The fourth-order valence-electron chi connectivity index (χ4n) is 2.68. The standard InChI is InChI=1S/C20H16N4O3S/c1-28-20-23-18(22-15-7-8-17-14(9-15)12-26-27-17)16(10-21)19(24-20)25-11-13-5-3-2-4-6-13/h2-9H,11-12H2,1H3,(H,22,23,24). The number of aromatic nitrogens is 2. The van der Waals surface area contributed by atoms with Gasteiger partial charge in [0.05, 0.1) is 0 Å². The van der Waals surface area contributed by atoms with Gasteiger partial charge in [-0.05, 0) is 30.0 Å². The van der Waals surface area contributed by atoms with Crippen molar-refractivity contribution in [1.29, 1.82) is 5.26 Å². The summed E-state index contributed by atoms with van der Waals surface area (Å²) in [7, 11) is 0. The molecule has 0 radical (unpaired) electrons. The summed E-state index contributed by atoms with van der Waals surface area (Å²) < 4.78 is 5.84. The first-order valence-corrected chi connectivity index (χ1v) is 9.71. The van der Waals surface area contributed by atoms with Crippen molar-refractivity contribution in [2.45, 2.75) is 18.4 Å². The lowest BCUT2D eigenvalue weighted by molar-refractivity contribution is -0.194. The minimum Gasteiger partial charge on any atom is -0.472 e. The molecule has 7 nitrogen and oxygen atoms in total. The molecule has 0 spiro atoms. The van der Waals surface area contributed by atoms with E-state index >= 15 is 0 Å². The van der Waals surface area contributed by atoms with Crippen LogP contribution in [-0.4, -0.2) is 16.2 Å². The highest BCUT2D eigenvalue weighted by Gasteiger charge is 2.18. The van der Waals surface area contributed by atoms with Gasteiger partial charge in [-0.25, -0.2) is 4.98 Å². The number of fused-ring (bicyclic) bond motifs is 1. The summed E-state index contributed by atoms with van der Waals surface area (Å²) in [6.07, 6.45) is 1.87. The van der Waals surface area contributed by atoms with E-state index in [1.165, 1.54) is 11.8 Å². The number of hydrogen-bond acceptors (Lipinski definition) is 8. The molecular weight excluding hydrogens is 376 g/mol. The SMILES string of the molecule is CSc1nc(Nc2ccc3c(c2)COO3)c(C#N)c(OCc2ccccc2)n1. The largest absolute Gasteiger partial charge is 0.472 e. The summed E-state index contributed by atoms with van der Waals surface area (Å²) >= 11 is 1.38. The van der Waals surface area contributed by atoms with Gasteiger partial charge >= 0.3 is 0 Å². The van der Waals surface area contributed by atoms with Gasteiger partial charge in [-0.3, -0.25) is 0 Å². The topological polar surface area (TPSA) is 89.3 Å². The second kappa shape index (κ2) is 8.17. The maximum atomic E-state index is 9.70. The third-order valence-corrected chi connectivity index (χ3v) is 4.60. The van der Waals surface area contributed by atoms with Crippen molar-refractivity contribution < 1.29 is 14.5 Å². The highest BCUT2D eigenvalue weighted by molar-refractivity contribution is 7.98. The number of thioether (sulfide) groups is 1. The van der Waals surface area contributed by atoms with Crippen LogP contribution in [0.2, 0.25) is 0 Å². The number of ether oxygens (including phenoxy) is 1. The maximum absolute atomic E-state index is 9.70. The minimum absolute atomic E-state index is 0.251. The van der Waals surface area contributed by atoms with E-state index in [0.29, 0.717) is 29.9 Å². The zero-order valence-electron chi connectivity index (χ0n) is 15.0. The van der Waals surface area contributed by atoms with E-state index in [1.54, 1.807) is 6.07 Å². The van der Waals surface area contributed by atoms with Crippen molar-refractivity contribution in [3.63, 3.8) is 0 Å². The number of nitriles is 1. The second-order valence-electron chi connectivity index (χ2n) is 5.92. The van der Waals surface area contributed by atoms with Gasteiger partial charge in [-0.15, -0.1) is 0 Å². The first-order chi connectivity index (χ1) is 13.8. The summed E-state index contributed by atoms with van der Waals surface area (Å²) in [5, 5.41) is 13.4. The zero-order chi connectivity index (χ0) is 19.3. The Balaban J connectivity index is 1.63. The van der Waals surface area contributed by atoms with Gasteiger partial charge in [0.2, 0.25) is 5.88 Å². The van der Waals surface area contributed by atoms with Crippen LogP contribution >= 0.6 is 11.8 Å². The van der Waals surface area contributed by atoms with Crippen LogP contribution in [0.1, 0.15) is 16.7 Å². The van der Waals surface area contributed by atoms with Crippen LogP contribution in [0.3, 0.4) is 0 Å². The molecule has 0 atom stereocenters. The summed E-state index contributed by atoms with van der Waals surface area (Å²) in [6, 6.07) is 17.4. The number of rotatable bonds is 6. The summed E-state index contributed by atoms with van der Waals surface area (Å²) in [4.78, 5) is 18.8. The van der Waals surface area contributed by atoms with Crippen molar-refractivity contribution in [1.82, 2.24) is 9.97 Å². The molecule has 2 aromatic carbocycles. The smallest absolute Gasteiger partial charge is 0.238 e. The lowest BCUT2D eigenvalue weighted by Gasteiger charge is -2.13. The van der Waals surface area contributed by atoms with Gasteiger partial charge in [-0.1, -0.05) is 42.1 Å². The van der Waals surface area contributed by atoms with E-state index in [9.17, 15) is 5.26 Å². The van der Waals surface area contributed by atoms with Gasteiger partial charge < -0.3 is 14.9 Å². The molecule has 0 unspecified atom stereocenters. The number of nitrogens with zero attached hydrogens (tertiary/aromatic N) is 3. The predicted octanol–water partition coefficient (Wildman–Crippen LogP) is 4.22. The average molecular weight is 392 g/mol. The maximum Gasteiger partial charge on any atom is 0.238 e. The Morgan fingerprint density at radius 2 is 2.07 bits per heavy atom. The van der Waals surface area contributed by atoms with Gasteiger partial charge in [-0.2, -0.15) is 15.1 Å². The first kappa shape index (κ1) is 18.1. The Kier molecular flexibility index (Phi) is 5.28. The van der Waals surface area contributed by atoms with E-state index < -0.39 is 0 Å². The Labute approximate surface area is 166 Å². The first-order valence-electron chi connectivity index (χ1n) is 8.49. The monoisotopic (exact) mass is 392 g/mol. The van der Waals surface area contributed by atoms with E-state index in [4.69, 9.17) is 14.5 Å². The lowest BCUT2D eigenvalue weighted by Crippen LogP contribution is -2.06. The van der Waals surface area contributed by atoms with Gasteiger partial charge in [0.1, 0.15) is 19.3 Å². The van der Waals surface area contributed by atoms with E-state index in [1.807, 2.05) is 48.7 Å². The molecule has 0 saturated heterocycles. The van der Waals surface area contributed by atoms with Crippen LogP contribution < -0.4 is 14.9 Å². The average Bonchev–Trinajstić information content (AvgIpc) is 3.20. The molecule has 1 aromatic heterocycles. The Morgan fingerprint density at radius 1 is 1.21 bits per heavy atom. The number of benzene rings is 2. The van der Waals surface area contributed by atoms with Crippen molar-refractivity contribution in [2.24, 2.45) is 0 Å². The van der Waals surface area contributed by atoms with Crippen molar-refractivity contribution in [2.75, 3.05) is 11.6 Å². The third kappa shape index (κ3) is 3.86. The Bertz CT molecular complexity index is 1040. The van der Waals surface area contributed by atoms with Gasteiger partial charge in [0.25, 0.3) is 0 Å². The second-order valence-corrected chi connectivity index (χ2v) is 6.69. The number of hydrogen-bond donors (Lipinski definition) is 1. The summed E-state index contributed by atoms with van der Waals surface area (Å²) in [5.74, 6) is 1.33. The normalized spacial score (nSPS) is 12.0. The highest BCUT2D eigenvalue weighted by Crippen LogP contribution is 2.32. The van der Waals surface area contributed by atoms with Gasteiger partial charge in [0, 0.05) is 11.3 Å². The van der Waals surface area contributed by atoms with Crippen LogP contribution in [0.4, 0.5) is 11.5 Å². The molecule has 140 valence electrons. The molecule has 28 heavy (non-hydrogen) atoms. The molecule has 0 amide bonds. The summed E-state index contributed by atoms with van der Waals surface area (Å²) in [5.41, 5.74) is 2.93. The molecule has 4 rings (SSSR count). The molecule has 0 fully saturated rings. The fraction of sp³-hybridized carbons (Fsp3) is 0.150. The highest BCUT2D eigenvalue weighted by atomic mass is 32.2. The van der Waals surface area contributed by atoms with Crippen LogP contribution in [-0.2, 0) is 18.1 Å². The molecule has 8 heteroatoms. The molecule has 0 bridgehead atoms. The fourth-order valence-corrected chi connectivity index (χ4v) is 3.03. The molecular formula is C20H16N4O3S. The van der Waals surface area contributed by atoms with Gasteiger partial charge in [0.15, 0.2) is 22.3 Å². The van der Waals surface area contributed by atoms with E-state index in [-0.39, 0.29) is 11.4 Å². The third-order valence-electron chi connectivity index (χ3n) is 4.05. The Hall–Kier alpha value is -3.28. The quantitative estimate of drug-likeness (QED) is 0.379. The molecule has 0 aliphatic carbocycles. The summed E-state index contributed by atoms with van der Waals surface area (Å²) in [6.45, 7) is 0.689. The molecule has 2 heterocycles. The van der Waals surface area contributed by atoms with E-state index in [2.05, 4.69) is 21.4 Å². The lowest BCUT2D eigenvalue weighted by atomic mass is 10.2. The molecule has 0 saturated carbocycles. The molecule has 1 aliphatic heterocycles. The predicted molar refractivity (Wildman–Crippen MR) is 104 cm³/mol. The molecule has 1 N–H and O–H groups in total. The molecule has 1 aliphatic rings. The van der Waals surface area contributed by atoms with Crippen molar-refractivity contribution in [3.05, 3.63) is 65.2 Å². The Morgan fingerprint density at radius 3 is 2.86 bits per heavy atom. The van der Waals surface area contributed by atoms with Crippen LogP contribution in [0.5, 0.6) is 11.6 Å². The van der Waals surface area contributed by atoms with Crippen LogP contribution in [0.15, 0.2) is 53.7 Å². The van der Waals surface area contributed by atoms with Crippen molar-refractivity contribution >= 4 is 23.3 Å².